The Labute approximate surface area is 137 Å². The van der Waals surface area contributed by atoms with E-state index < -0.39 is 0 Å². The summed E-state index contributed by atoms with van der Waals surface area (Å²) < 4.78 is 0. The molecule has 0 radical (unpaired) electrons. The Bertz CT molecular complexity index is 499. The maximum absolute atomic E-state index is 12.4. The molecule has 1 aromatic carbocycles. The van der Waals surface area contributed by atoms with Crippen LogP contribution in [0.2, 0.25) is 0 Å². The molecule has 2 rings (SSSR count). The van der Waals surface area contributed by atoms with Crippen molar-refractivity contribution in [3.05, 3.63) is 35.9 Å². The highest BCUT2D eigenvalue weighted by Gasteiger charge is 2.21. The number of nitrogens with one attached hydrogen (secondary N) is 2. The van der Waals surface area contributed by atoms with Crippen LogP contribution in [0, 0.1) is 0 Å². The Morgan fingerprint density at radius 3 is 2.30 bits per heavy atom. The average molecular weight is 318 g/mol. The van der Waals surface area contributed by atoms with E-state index in [1.807, 2.05) is 42.2 Å². The second kappa shape index (κ2) is 9.15. The lowest BCUT2D eigenvalue weighted by Gasteiger charge is -2.34. The van der Waals surface area contributed by atoms with Crippen LogP contribution < -0.4 is 10.6 Å². The van der Waals surface area contributed by atoms with Crippen molar-refractivity contribution in [1.82, 2.24) is 20.4 Å². The molecule has 0 saturated carbocycles. The zero-order valence-electron chi connectivity index (χ0n) is 13.8. The van der Waals surface area contributed by atoms with Gasteiger partial charge in [-0.3, -0.25) is 9.69 Å². The highest BCUT2D eigenvalue weighted by Crippen LogP contribution is 2.08. The van der Waals surface area contributed by atoms with Crippen molar-refractivity contribution in [2.75, 3.05) is 45.8 Å². The summed E-state index contributed by atoms with van der Waals surface area (Å²) in [4.78, 5) is 28.0. The highest BCUT2D eigenvalue weighted by molar-refractivity contribution is 5.94. The Morgan fingerprint density at radius 1 is 1.00 bits per heavy atom. The molecule has 2 N–H and O–H groups in total. The van der Waals surface area contributed by atoms with Crippen LogP contribution in [0.1, 0.15) is 23.7 Å². The summed E-state index contributed by atoms with van der Waals surface area (Å²) in [5.74, 6) is 0.0994. The topological polar surface area (TPSA) is 64.7 Å². The van der Waals surface area contributed by atoms with Gasteiger partial charge in [0.2, 0.25) is 0 Å². The number of hydrogen-bond acceptors (Lipinski definition) is 3. The van der Waals surface area contributed by atoms with E-state index in [4.69, 9.17) is 0 Å². The number of piperazine rings is 1. The second-order valence-electron chi connectivity index (χ2n) is 5.68. The minimum atomic E-state index is -0.107. The molecule has 1 aromatic rings. The van der Waals surface area contributed by atoms with Crippen LogP contribution in [0.4, 0.5) is 4.79 Å². The predicted molar refractivity (Wildman–Crippen MR) is 90.5 cm³/mol. The lowest BCUT2D eigenvalue weighted by Crippen LogP contribution is -2.50. The van der Waals surface area contributed by atoms with Gasteiger partial charge in [0.1, 0.15) is 0 Å². The lowest BCUT2D eigenvalue weighted by atomic mass is 10.2. The first-order valence-electron chi connectivity index (χ1n) is 8.29. The molecule has 126 valence electrons. The number of nitrogens with zero attached hydrogens (tertiary/aromatic N) is 2. The van der Waals surface area contributed by atoms with Crippen LogP contribution >= 0.6 is 0 Å². The molecule has 1 heterocycles. The molecule has 1 fully saturated rings. The van der Waals surface area contributed by atoms with Crippen LogP contribution in [0.15, 0.2) is 30.3 Å². The molecule has 1 aliphatic heterocycles. The third-order valence-corrected chi connectivity index (χ3v) is 3.93. The molecule has 6 nitrogen and oxygen atoms in total. The normalized spacial score (nSPS) is 15.3. The Kier molecular flexibility index (Phi) is 6.87. The number of carbonyl (C=O) groups excluding carboxylic acids is 2. The molecule has 6 heteroatoms. The summed E-state index contributed by atoms with van der Waals surface area (Å²) in [6, 6.07) is 9.29. The van der Waals surface area contributed by atoms with Crippen LogP contribution in [0.5, 0.6) is 0 Å². The van der Waals surface area contributed by atoms with Crippen LogP contribution in [-0.4, -0.2) is 67.6 Å². The molecule has 0 aliphatic carbocycles. The number of hydrogen-bond donors (Lipinski definition) is 2. The quantitative estimate of drug-likeness (QED) is 0.827. The standard InChI is InChI=1S/C17H26N4O2/c1-2-8-18-17(23)19-9-10-20-11-13-21(14-12-20)16(22)15-6-4-3-5-7-15/h3-7H,2,8-14H2,1H3,(H2,18,19,23). The summed E-state index contributed by atoms with van der Waals surface area (Å²) in [6.07, 6.45) is 0.935. The third kappa shape index (κ3) is 5.56. The van der Waals surface area contributed by atoms with E-state index in [0.717, 1.165) is 44.7 Å². The van der Waals surface area contributed by atoms with Crippen molar-refractivity contribution >= 4 is 11.9 Å². The van der Waals surface area contributed by atoms with Crippen LogP contribution in [-0.2, 0) is 0 Å². The molecule has 3 amide bonds. The number of benzene rings is 1. The maximum Gasteiger partial charge on any atom is 0.314 e. The zero-order valence-corrected chi connectivity index (χ0v) is 13.8. The summed E-state index contributed by atoms with van der Waals surface area (Å²) in [7, 11) is 0. The Hall–Kier alpha value is -2.08. The zero-order chi connectivity index (χ0) is 16.5. The minimum absolute atomic E-state index is 0.0994. The number of carbonyl (C=O) groups is 2. The van der Waals surface area contributed by atoms with Gasteiger partial charge in [-0.2, -0.15) is 0 Å². The first kappa shape index (κ1) is 17.3. The molecule has 0 atom stereocenters. The highest BCUT2D eigenvalue weighted by atomic mass is 16.2. The van der Waals surface area contributed by atoms with Gasteiger partial charge in [-0.05, 0) is 18.6 Å². The molecule has 0 bridgehead atoms. The molecule has 0 unspecified atom stereocenters. The number of urea groups is 1. The van der Waals surface area contributed by atoms with Crippen molar-refractivity contribution in [3.8, 4) is 0 Å². The molecular formula is C17H26N4O2. The summed E-state index contributed by atoms with van der Waals surface area (Å²) in [5, 5.41) is 5.64. The Morgan fingerprint density at radius 2 is 1.65 bits per heavy atom. The van der Waals surface area contributed by atoms with Crippen molar-refractivity contribution in [2.24, 2.45) is 0 Å². The molecule has 1 saturated heterocycles. The fourth-order valence-electron chi connectivity index (χ4n) is 2.57. The fourth-order valence-corrected chi connectivity index (χ4v) is 2.57. The molecule has 1 aliphatic rings. The number of rotatable bonds is 6. The van der Waals surface area contributed by atoms with Gasteiger partial charge in [-0.15, -0.1) is 0 Å². The molecular weight excluding hydrogens is 292 g/mol. The predicted octanol–water partition coefficient (Wildman–Crippen LogP) is 1.15. The van der Waals surface area contributed by atoms with Gasteiger partial charge in [0.05, 0.1) is 0 Å². The largest absolute Gasteiger partial charge is 0.338 e. The number of amides is 3. The maximum atomic E-state index is 12.4. The fraction of sp³-hybridized carbons (Fsp3) is 0.529. The van der Waals surface area contributed by atoms with Crippen molar-refractivity contribution in [2.45, 2.75) is 13.3 Å². The van der Waals surface area contributed by atoms with E-state index in [1.165, 1.54) is 0 Å². The Balaban J connectivity index is 1.66. The minimum Gasteiger partial charge on any atom is -0.338 e. The summed E-state index contributed by atoms with van der Waals surface area (Å²) in [5.41, 5.74) is 0.746. The first-order valence-corrected chi connectivity index (χ1v) is 8.29. The smallest absolute Gasteiger partial charge is 0.314 e. The monoisotopic (exact) mass is 318 g/mol. The van der Waals surface area contributed by atoms with Gasteiger partial charge in [0.15, 0.2) is 0 Å². The first-order chi connectivity index (χ1) is 11.2. The van der Waals surface area contributed by atoms with E-state index >= 15 is 0 Å². The van der Waals surface area contributed by atoms with E-state index in [0.29, 0.717) is 13.1 Å². The van der Waals surface area contributed by atoms with Gasteiger partial charge in [0, 0.05) is 51.4 Å². The van der Waals surface area contributed by atoms with Gasteiger partial charge in [-0.25, -0.2) is 4.79 Å². The molecule has 0 spiro atoms. The van der Waals surface area contributed by atoms with Crippen molar-refractivity contribution in [1.29, 1.82) is 0 Å². The van der Waals surface area contributed by atoms with Gasteiger partial charge < -0.3 is 15.5 Å². The molecule has 0 aromatic heterocycles. The summed E-state index contributed by atoms with van der Waals surface area (Å²) >= 11 is 0. The van der Waals surface area contributed by atoms with E-state index in [2.05, 4.69) is 15.5 Å². The SMILES string of the molecule is CCCNC(=O)NCCN1CCN(C(=O)c2ccccc2)CC1. The average Bonchev–Trinajstić information content (AvgIpc) is 2.60. The second-order valence-corrected chi connectivity index (χ2v) is 5.68. The van der Waals surface area contributed by atoms with Crippen LogP contribution in [0.25, 0.3) is 0 Å². The van der Waals surface area contributed by atoms with E-state index in [9.17, 15) is 9.59 Å². The van der Waals surface area contributed by atoms with Gasteiger partial charge in [-0.1, -0.05) is 25.1 Å². The summed E-state index contributed by atoms with van der Waals surface area (Å²) in [6.45, 7) is 7.32. The van der Waals surface area contributed by atoms with Crippen LogP contribution in [0.3, 0.4) is 0 Å². The third-order valence-electron chi connectivity index (χ3n) is 3.93. The van der Waals surface area contributed by atoms with Gasteiger partial charge >= 0.3 is 6.03 Å². The van der Waals surface area contributed by atoms with Crippen molar-refractivity contribution in [3.63, 3.8) is 0 Å². The van der Waals surface area contributed by atoms with E-state index in [-0.39, 0.29) is 11.9 Å². The van der Waals surface area contributed by atoms with Crippen molar-refractivity contribution < 1.29 is 9.59 Å². The molecule has 23 heavy (non-hydrogen) atoms. The lowest BCUT2D eigenvalue weighted by molar-refractivity contribution is 0.0639. The van der Waals surface area contributed by atoms with Gasteiger partial charge in [0.25, 0.3) is 5.91 Å². The van der Waals surface area contributed by atoms with E-state index in [1.54, 1.807) is 0 Å².